The highest BCUT2D eigenvalue weighted by Gasteiger charge is 2.21. The minimum Gasteiger partial charge on any atom is -0.352 e. The van der Waals surface area contributed by atoms with Gasteiger partial charge in [-0.05, 0) is 30.5 Å². The van der Waals surface area contributed by atoms with Crippen LogP contribution in [0.3, 0.4) is 0 Å². The van der Waals surface area contributed by atoms with Gasteiger partial charge in [-0.25, -0.2) is 4.98 Å². The standard InChI is InChI=1S/C17H29N3S/c1-12(2)16-8-15(10-18-13(3)4)9-17(19-16)20-6-7-21-11-14(20)5/h8-9,12-14,18H,6-7,10-11H2,1-5H3. The first kappa shape index (κ1) is 16.6. The number of hydrogen-bond acceptors (Lipinski definition) is 4. The lowest BCUT2D eigenvalue weighted by atomic mass is 10.1. The van der Waals surface area contributed by atoms with E-state index in [1.165, 1.54) is 22.8 Å². The summed E-state index contributed by atoms with van der Waals surface area (Å²) < 4.78 is 0. The predicted molar refractivity (Wildman–Crippen MR) is 94.4 cm³/mol. The van der Waals surface area contributed by atoms with E-state index in [4.69, 9.17) is 4.98 Å². The van der Waals surface area contributed by atoms with Crippen LogP contribution in [0.4, 0.5) is 5.82 Å². The normalized spacial score (nSPS) is 19.6. The van der Waals surface area contributed by atoms with Crippen LogP contribution >= 0.6 is 11.8 Å². The Labute approximate surface area is 133 Å². The Hall–Kier alpha value is -0.740. The molecule has 0 aromatic carbocycles. The molecule has 0 bridgehead atoms. The summed E-state index contributed by atoms with van der Waals surface area (Å²) in [7, 11) is 0. The van der Waals surface area contributed by atoms with Gasteiger partial charge >= 0.3 is 0 Å². The zero-order chi connectivity index (χ0) is 15.4. The molecule has 0 radical (unpaired) electrons. The molecule has 1 aromatic rings. The minimum absolute atomic E-state index is 0.470. The molecule has 0 saturated carbocycles. The molecule has 1 N–H and O–H groups in total. The smallest absolute Gasteiger partial charge is 0.129 e. The molecule has 1 aliphatic rings. The van der Waals surface area contributed by atoms with Crippen molar-refractivity contribution in [2.45, 2.75) is 59.2 Å². The van der Waals surface area contributed by atoms with Gasteiger partial charge in [0.05, 0.1) is 0 Å². The minimum atomic E-state index is 0.470. The lowest BCUT2D eigenvalue weighted by molar-refractivity contribution is 0.587. The van der Waals surface area contributed by atoms with Crippen molar-refractivity contribution in [1.82, 2.24) is 10.3 Å². The predicted octanol–water partition coefficient (Wildman–Crippen LogP) is 3.64. The summed E-state index contributed by atoms with van der Waals surface area (Å²) in [6.07, 6.45) is 0. The van der Waals surface area contributed by atoms with Crippen molar-refractivity contribution in [1.29, 1.82) is 0 Å². The zero-order valence-corrected chi connectivity index (χ0v) is 14.8. The molecule has 2 heterocycles. The number of hydrogen-bond donors (Lipinski definition) is 1. The van der Waals surface area contributed by atoms with Gasteiger partial charge in [-0.15, -0.1) is 0 Å². The van der Waals surface area contributed by atoms with Crippen molar-refractivity contribution in [3.05, 3.63) is 23.4 Å². The maximum Gasteiger partial charge on any atom is 0.129 e. The second kappa shape index (κ2) is 7.50. The highest BCUT2D eigenvalue weighted by atomic mass is 32.2. The van der Waals surface area contributed by atoms with Crippen LogP contribution in [0.15, 0.2) is 12.1 Å². The van der Waals surface area contributed by atoms with E-state index in [-0.39, 0.29) is 0 Å². The van der Waals surface area contributed by atoms with Crippen LogP contribution in [0.1, 0.15) is 51.8 Å². The van der Waals surface area contributed by atoms with Gasteiger partial charge in [0.15, 0.2) is 0 Å². The lowest BCUT2D eigenvalue weighted by Gasteiger charge is -2.34. The fourth-order valence-electron chi connectivity index (χ4n) is 2.53. The van der Waals surface area contributed by atoms with Crippen LogP contribution in [0.25, 0.3) is 0 Å². The molecule has 0 amide bonds. The molecule has 1 atom stereocenters. The Balaban J connectivity index is 2.26. The maximum absolute atomic E-state index is 4.92. The molecule has 3 nitrogen and oxygen atoms in total. The average molecular weight is 308 g/mol. The van der Waals surface area contributed by atoms with Crippen LogP contribution in [0.5, 0.6) is 0 Å². The molecule has 118 valence electrons. The third-order valence-electron chi connectivity index (χ3n) is 3.86. The van der Waals surface area contributed by atoms with E-state index in [0.29, 0.717) is 18.0 Å². The SMILES string of the molecule is CC(C)NCc1cc(C(C)C)nc(N2CCSCC2C)c1. The molecule has 4 heteroatoms. The highest BCUT2D eigenvalue weighted by molar-refractivity contribution is 7.99. The number of pyridine rings is 1. The summed E-state index contributed by atoms with van der Waals surface area (Å²) in [5.41, 5.74) is 2.56. The van der Waals surface area contributed by atoms with Gasteiger partial charge in [-0.3, -0.25) is 0 Å². The van der Waals surface area contributed by atoms with Crippen molar-refractivity contribution in [3.63, 3.8) is 0 Å². The molecular formula is C17H29N3S. The van der Waals surface area contributed by atoms with Crippen molar-refractivity contribution in [2.75, 3.05) is 23.0 Å². The fourth-order valence-corrected chi connectivity index (χ4v) is 3.54. The van der Waals surface area contributed by atoms with Crippen LogP contribution in [0.2, 0.25) is 0 Å². The molecule has 0 spiro atoms. The van der Waals surface area contributed by atoms with Gasteiger partial charge in [0.25, 0.3) is 0 Å². The largest absolute Gasteiger partial charge is 0.352 e. The Morgan fingerprint density at radius 1 is 1.33 bits per heavy atom. The van der Waals surface area contributed by atoms with E-state index in [9.17, 15) is 0 Å². The fraction of sp³-hybridized carbons (Fsp3) is 0.706. The third-order valence-corrected chi connectivity index (χ3v) is 5.05. The van der Waals surface area contributed by atoms with E-state index in [2.05, 4.69) is 57.0 Å². The molecule has 1 aromatic heterocycles. The molecule has 2 rings (SSSR count). The van der Waals surface area contributed by atoms with Crippen molar-refractivity contribution < 1.29 is 0 Å². The Morgan fingerprint density at radius 2 is 2.10 bits per heavy atom. The number of rotatable bonds is 5. The molecule has 1 aliphatic heterocycles. The number of nitrogens with zero attached hydrogens (tertiary/aromatic N) is 2. The summed E-state index contributed by atoms with van der Waals surface area (Å²) in [6, 6.07) is 5.61. The quantitative estimate of drug-likeness (QED) is 0.899. The molecule has 1 fully saturated rings. The van der Waals surface area contributed by atoms with E-state index >= 15 is 0 Å². The summed E-state index contributed by atoms with van der Waals surface area (Å²) in [5, 5.41) is 3.52. The van der Waals surface area contributed by atoms with Crippen LogP contribution < -0.4 is 10.2 Å². The second-order valence-electron chi connectivity index (χ2n) is 6.57. The molecule has 1 unspecified atom stereocenters. The first-order valence-electron chi connectivity index (χ1n) is 8.06. The Morgan fingerprint density at radius 3 is 2.71 bits per heavy atom. The van der Waals surface area contributed by atoms with Crippen molar-refractivity contribution >= 4 is 17.6 Å². The van der Waals surface area contributed by atoms with E-state index in [1.807, 2.05) is 11.8 Å². The average Bonchev–Trinajstić information content (AvgIpc) is 2.45. The first-order valence-corrected chi connectivity index (χ1v) is 9.21. The zero-order valence-electron chi connectivity index (χ0n) is 14.0. The third kappa shape index (κ3) is 4.62. The van der Waals surface area contributed by atoms with Gasteiger partial charge < -0.3 is 10.2 Å². The van der Waals surface area contributed by atoms with Crippen LogP contribution in [0, 0.1) is 0 Å². The number of anilines is 1. The maximum atomic E-state index is 4.92. The van der Waals surface area contributed by atoms with Gasteiger partial charge in [0.1, 0.15) is 5.82 Å². The van der Waals surface area contributed by atoms with Gasteiger partial charge in [-0.2, -0.15) is 11.8 Å². The lowest BCUT2D eigenvalue weighted by Crippen LogP contribution is -2.41. The summed E-state index contributed by atoms with van der Waals surface area (Å²) >= 11 is 2.05. The highest BCUT2D eigenvalue weighted by Crippen LogP contribution is 2.25. The summed E-state index contributed by atoms with van der Waals surface area (Å²) in [5.74, 6) is 4.04. The summed E-state index contributed by atoms with van der Waals surface area (Å²) in [6.45, 7) is 13.2. The van der Waals surface area contributed by atoms with E-state index < -0.39 is 0 Å². The Bertz CT molecular complexity index is 459. The molecule has 0 aliphatic carbocycles. The Kier molecular flexibility index (Phi) is 5.94. The number of nitrogens with one attached hydrogen (secondary N) is 1. The number of thioether (sulfide) groups is 1. The summed E-state index contributed by atoms with van der Waals surface area (Å²) in [4.78, 5) is 7.40. The van der Waals surface area contributed by atoms with Crippen molar-refractivity contribution in [3.8, 4) is 0 Å². The van der Waals surface area contributed by atoms with Crippen molar-refractivity contribution in [2.24, 2.45) is 0 Å². The topological polar surface area (TPSA) is 28.2 Å². The molecular weight excluding hydrogens is 278 g/mol. The van der Waals surface area contributed by atoms with Crippen LogP contribution in [-0.2, 0) is 6.54 Å². The molecule has 1 saturated heterocycles. The molecule has 21 heavy (non-hydrogen) atoms. The van der Waals surface area contributed by atoms with Gasteiger partial charge in [0, 0.05) is 42.4 Å². The monoisotopic (exact) mass is 307 g/mol. The van der Waals surface area contributed by atoms with Crippen LogP contribution in [-0.4, -0.2) is 35.1 Å². The first-order chi connectivity index (χ1) is 9.97. The number of aromatic nitrogens is 1. The van der Waals surface area contributed by atoms with E-state index in [0.717, 1.165) is 18.9 Å². The van der Waals surface area contributed by atoms with Gasteiger partial charge in [0.2, 0.25) is 0 Å². The second-order valence-corrected chi connectivity index (χ2v) is 7.72. The van der Waals surface area contributed by atoms with Gasteiger partial charge in [-0.1, -0.05) is 27.7 Å². The van der Waals surface area contributed by atoms with E-state index in [1.54, 1.807) is 0 Å².